The van der Waals surface area contributed by atoms with Gasteiger partial charge in [-0.25, -0.2) is 13.4 Å². The van der Waals surface area contributed by atoms with Crippen molar-refractivity contribution in [2.45, 2.75) is 38.1 Å². The fourth-order valence-electron chi connectivity index (χ4n) is 3.32. The van der Waals surface area contributed by atoms with Gasteiger partial charge in [0.1, 0.15) is 11.9 Å². The molecule has 168 valence electrons. The quantitative estimate of drug-likeness (QED) is 0.646. The molecule has 2 heterocycles. The maximum absolute atomic E-state index is 12.9. The number of hydrogen-bond acceptors (Lipinski definition) is 6. The molecule has 2 aromatic rings. The average Bonchev–Trinajstić information content (AvgIpc) is 2.74. The summed E-state index contributed by atoms with van der Waals surface area (Å²) in [5.41, 5.74) is 1.48. The molecule has 2 N–H and O–H groups in total. The highest BCUT2D eigenvalue weighted by molar-refractivity contribution is 7.89. The Balaban J connectivity index is 1.70. The van der Waals surface area contributed by atoms with E-state index in [0.717, 1.165) is 24.5 Å². The number of pyridine rings is 1. The maximum Gasteiger partial charge on any atom is 0.242 e. The molecule has 0 aliphatic carbocycles. The van der Waals surface area contributed by atoms with Crippen molar-refractivity contribution in [1.82, 2.24) is 9.71 Å². The van der Waals surface area contributed by atoms with Crippen molar-refractivity contribution in [3.8, 4) is 0 Å². The Morgan fingerprint density at radius 3 is 2.39 bits per heavy atom. The predicted octanol–water partition coefficient (Wildman–Crippen LogP) is 2.56. The van der Waals surface area contributed by atoms with Crippen LogP contribution in [0.1, 0.15) is 25.8 Å². The third kappa shape index (κ3) is 6.49. The van der Waals surface area contributed by atoms with Crippen LogP contribution in [-0.2, 0) is 19.6 Å². The monoisotopic (exact) mass is 446 g/mol. The first-order valence-electron chi connectivity index (χ1n) is 10.4. The van der Waals surface area contributed by atoms with Crippen LogP contribution in [0.5, 0.6) is 0 Å². The van der Waals surface area contributed by atoms with Gasteiger partial charge >= 0.3 is 0 Å². The first-order chi connectivity index (χ1) is 14.7. The van der Waals surface area contributed by atoms with Gasteiger partial charge in [-0.3, -0.25) is 4.79 Å². The van der Waals surface area contributed by atoms with Crippen LogP contribution in [0.25, 0.3) is 0 Å². The Kier molecular flexibility index (Phi) is 7.64. The Hall–Kier alpha value is -2.49. The molecule has 1 aliphatic heterocycles. The second kappa shape index (κ2) is 10.2. The van der Waals surface area contributed by atoms with Crippen LogP contribution in [0.3, 0.4) is 0 Å². The second-order valence-electron chi connectivity index (χ2n) is 8.11. The fourth-order valence-corrected chi connectivity index (χ4v) is 4.53. The number of carbonyl (C=O) groups is 1. The number of sulfonamides is 1. The largest absolute Gasteiger partial charge is 0.378 e. The van der Waals surface area contributed by atoms with E-state index in [1.807, 2.05) is 26.8 Å². The van der Waals surface area contributed by atoms with Gasteiger partial charge in [-0.1, -0.05) is 31.5 Å². The Labute approximate surface area is 184 Å². The highest BCUT2D eigenvalue weighted by Crippen LogP contribution is 2.18. The van der Waals surface area contributed by atoms with Crippen molar-refractivity contribution >= 4 is 27.4 Å². The lowest BCUT2D eigenvalue weighted by molar-refractivity contribution is -0.118. The molecule has 1 unspecified atom stereocenters. The van der Waals surface area contributed by atoms with Crippen LogP contribution in [0, 0.1) is 12.8 Å². The zero-order chi connectivity index (χ0) is 22.4. The van der Waals surface area contributed by atoms with Gasteiger partial charge in [-0.15, -0.1) is 0 Å². The first-order valence-corrected chi connectivity index (χ1v) is 11.9. The lowest BCUT2D eigenvalue weighted by atomic mass is 10.0. The molecule has 1 aromatic carbocycles. The lowest BCUT2D eigenvalue weighted by Gasteiger charge is -2.27. The summed E-state index contributed by atoms with van der Waals surface area (Å²) in [5, 5.41) is 2.79. The number of morpholine rings is 1. The van der Waals surface area contributed by atoms with Crippen LogP contribution < -0.4 is 14.9 Å². The van der Waals surface area contributed by atoms with E-state index in [1.54, 1.807) is 24.4 Å². The zero-order valence-electron chi connectivity index (χ0n) is 18.2. The number of aryl methyl sites for hydroxylation is 1. The molecule has 1 fully saturated rings. The van der Waals surface area contributed by atoms with Gasteiger partial charge in [0.15, 0.2) is 0 Å². The van der Waals surface area contributed by atoms with Crippen molar-refractivity contribution in [2.24, 2.45) is 5.92 Å². The number of nitrogens with one attached hydrogen (secondary N) is 2. The summed E-state index contributed by atoms with van der Waals surface area (Å²) in [4.78, 5) is 19.6. The third-order valence-corrected chi connectivity index (χ3v) is 6.49. The molecule has 1 saturated heterocycles. The number of benzene rings is 1. The van der Waals surface area contributed by atoms with E-state index in [9.17, 15) is 13.2 Å². The highest BCUT2D eigenvalue weighted by atomic mass is 32.2. The van der Waals surface area contributed by atoms with Crippen molar-refractivity contribution in [3.05, 3.63) is 48.2 Å². The number of amides is 1. The van der Waals surface area contributed by atoms with Gasteiger partial charge < -0.3 is 15.0 Å². The van der Waals surface area contributed by atoms with Gasteiger partial charge in [0.2, 0.25) is 15.9 Å². The molecule has 0 bridgehead atoms. The number of carbonyl (C=O) groups excluding carboxylic acids is 1. The summed E-state index contributed by atoms with van der Waals surface area (Å²) < 4.78 is 33.5. The van der Waals surface area contributed by atoms with Crippen LogP contribution >= 0.6 is 0 Å². The molecule has 0 spiro atoms. The Morgan fingerprint density at radius 1 is 1.13 bits per heavy atom. The van der Waals surface area contributed by atoms with E-state index in [0.29, 0.717) is 25.3 Å². The molecule has 1 aromatic heterocycles. The highest BCUT2D eigenvalue weighted by Gasteiger charge is 2.27. The summed E-state index contributed by atoms with van der Waals surface area (Å²) in [6.45, 7) is 8.65. The summed E-state index contributed by atoms with van der Waals surface area (Å²) in [5.74, 6) is 0.531. The number of hydrogen-bond donors (Lipinski definition) is 2. The SMILES string of the molecule is Cc1ccc(S(=O)(=O)NC(CC(C)C)C(=O)Nc2ccc(N3CCOCC3)nc2)cc1. The number of anilines is 2. The molecule has 9 heteroatoms. The van der Waals surface area contributed by atoms with Crippen LogP contribution in [-0.4, -0.2) is 51.7 Å². The van der Waals surface area contributed by atoms with Crippen LogP contribution in [0.4, 0.5) is 11.5 Å². The third-order valence-electron chi connectivity index (χ3n) is 5.00. The second-order valence-corrected chi connectivity index (χ2v) is 9.82. The van der Waals surface area contributed by atoms with Gasteiger partial charge in [0.25, 0.3) is 0 Å². The summed E-state index contributed by atoms with van der Waals surface area (Å²) in [7, 11) is -3.83. The minimum Gasteiger partial charge on any atom is -0.378 e. The summed E-state index contributed by atoms with van der Waals surface area (Å²) >= 11 is 0. The minimum atomic E-state index is -3.83. The van der Waals surface area contributed by atoms with Gasteiger partial charge in [-0.05, 0) is 43.5 Å². The number of rotatable bonds is 8. The van der Waals surface area contributed by atoms with E-state index in [-0.39, 0.29) is 10.8 Å². The fraction of sp³-hybridized carbons (Fsp3) is 0.455. The smallest absolute Gasteiger partial charge is 0.242 e. The Morgan fingerprint density at radius 2 is 1.81 bits per heavy atom. The van der Waals surface area contributed by atoms with E-state index < -0.39 is 22.0 Å². The topological polar surface area (TPSA) is 101 Å². The molecule has 31 heavy (non-hydrogen) atoms. The van der Waals surface area contributed by atoms with Crippen molar-refractivity contribution in [3.63, 3.8) is 0 Å². The summed E-state index contributed by atoms with van der Waals surface area (Å²) in [6, 6.07) is 9.25. The summed E-state index contributed by atoms with van der Waals surface area (Å²) in [6.07, 6.45) is 1.96. The van der Waals surface area contributed by atoms with Crippen molar-refractivity contribution in [1.29, 1.82) is 0 Å². The first kappa shape index (κ1) is 23.2. The van der Waals surface area contributed by atoms with E-state index in [2.05, 4.69) is 19.9 Å². The minimum absolute atomic E-state index is 0.123. The van der Waals surface area contributed by atoms with E-state index in [1.165, 1.54) is 12.1 Å². The average molecular weight is 447 g/mol. The maximum atomic E-state index is 12.9. The van der Waals surface area contributed by atoms with Gasteiger partial charge in [0.05, 0.1) is 30.0 Å². The lowest BCUT2D eigenvalue weighted by Crippen LogP contribution is -2.44. The molecule has 1 atom stereocenters. The van der Waals surface area contributed by atoms with E-state index >= 15 is 0 Å². The van der Waals surface area contributed by atoms with Gasteiger partial charge in [0, 0.05) is 13.1 Å². The standard InChI is InChI=1S/C22H30N4O4S/c1-16(2)14-20(25-31(28,29)19-7-4-17(3)5-8-19)22(27)24-18-6-9-21(23-15-18)26-10-12-30-13-11-26/h4-9,15-16,20,25H,10-14H2,1-3H3,(H,24,27). The number of aromatic nitrogens is 1. The molecule has 1 amide bonds. The molecule has 0 saturated carbocycles. The molecule has 8 nitrogen and oxygen atoms in total. The number of ether oxygens (including phenoxy) is 1. The zero-order valence-corrected chi connectivity index (χ0v) is 19.0. The normalized spacial score (nSPS) is 15.7. The molecule has 0 radical (unpaired) electrons. The van der Waals surface area contributed by atoms with E-state index in [4.69, 9.17) is 4.74 Å². The molecular formula is C22H30N4O4S. The van der Waals surface area contributed by atoms with Crippen LogP contribution in [0.15, 0.2) is 47.5 Å². The van der Waals surface area contributed by atoms with Crippen molar-refractivity contribution in [2.75, 3.05) is 36.5 Å². The number of nitrogens with zero attached hydrogens (tertiary/aromatic N) is 2. The van der Waals surface area contributed by atoms with Crippen molar-refractivity contribution < 1.29 is 17.9 Å². The predicted molar refractivity (Wildman–Crippen MR) is 121 cm³/mol. The molecule has 3 rings (SSSR count). The molecular weight excluding hydrogens is 416 g/mol. The Bertz CT molecular complexity index is 970. The van der Waals surface area contributed by atoms with Gasteiger partial charge in [-0.2, -0.15) is 4.72 Å². The molecule has 1 aliphatic rings. The van der Waals surface area contributed by atoms with Crippen LogP contribution in [0.2, 0.25) is 0 Å².